The molecule has 1 saturated carbocycles. The fourth-order valence-electron chi connectivity index (χ4n) is 3.12. The van der Waals surface area contributed by atoms with Gasteiger partial charge in [0.1, 0.15) is 0 Å². The normalized spacial score (nSPS) is 19.7. The Morgan fingerprint density at radius 1 is 1.09 bits per heavy atom. The maximum absolute atomic E-state index is 12.4. The highest BCUT2D eigenvalue weighted by molar-refractivity contribution is 6.00. The molecule has 1 aromatic rings. The Bertz CT molecular complexity index is 568. The minimum absolute atomic E-state index is 0.0273. The van der Waals surface area contributed by atoms with Gasteiger partial charge in [-0.15, -0.1) is 0 Å². The molecule has 2 unspecified atom stereocenters. The van der Waals surface area contributed by atoms with E-state index in [1.165, 1.54) is 5.56 Å². The third-order valence-electron chi connectivity index (χ3n) is 4.44. The molecule has 2 amide bonds. The fraction of sp³-hybridized carbons (Fsp3) is 0.556. The lowest BCUT2D eigenvalue weighted by Crippen LogP contribution is -2.33. The van der Waals surface area contributed by atoms with Gasteiger partial charge in [-0.2, -0.15) is 0 Å². The monoisotopic (exact) mass is 302 g/mol. The van der Waals surface area contributed by atoms with Crippen LogP contribution in [-0.4, -0.2) is 29.8 Å². The highest BCUT2D eigenvalue weighted by atomic mass is 16.2. The first-order chi connectivity index (χ1) is 10.4. The van der Waals surface area contributed by atoms with Gasteiger partial charge >= 0.3 is 0 Å². The molecule has 2 rings (SSSR count). The van der Waals surface area contributed by atoms with E-state index in [2.05, 4.69) is 17.4 Å². The molecular formula is C18H26N2O2. The Hall–Kier alpha value is -1.84. The number of nitrogens with one attached hydrogen (secondary N) is 1. The summed E-state index contributed by atoms with van der Waals surface area (Å²) < 4.78 is 0. The van der Waals surface area contributed by atoms with Gasteiger partial charge in [-0.3, -0.25) is 9.59 Å². The van der Waals surface area contributed by atoms with Crippen LogP contribution >= 0.6 is 0 Å². The SMILES string of the molecule is CCN(CC)C(=O)C1CC1C(=O)Nc1c(C)cc(C)cc1C. The van der Waals surface area contributed by atoms with Crippen molar-refractivity contribution in [1.29, 1.82) is 0 Å². The molecule has 1 fully saturated rings. The van der Waals surface area contributed by atoms with Gasteiger partial charge in [0.2, 0.25) is 11.8 Å². The second kappa shape index (κ2) is 6.51. The van der Waals surface area contributed by atoms with E-state index in [9.17, 15) is 9.59 Å². The fourth-order valence-corrected chi connectivity index (χ4v) is 3.12. The second-order valence-corrected chi connectivity index (χ2v) is 6.22. The number of amides is 2. The van der Waals surface area contributed by atoms with Crippen molar-refractivity contribution in [3.63, 3.8) is 0 Å². The molecule has 1 aliphatic carbocycles. The Morgan fingerprint density at radius 3 is 2.14 bits per heavy atom. The summed E-state index contributed by atoms with van der Waals surface area (Å²) in [5.74, 6) is -0.220. The average Bonchev–Trinajstić information content (AvgIpc) is 3.24. The largest absolute Gasteiger partial charge is 0.343 e. The third-order valence-corrected chi connectivity index (χ3v) is 4.44. The van der Waals surface area contributed by atoms with Crippen LogP contribution in [-0.2, 0) is 9.59 Å². The van der Waals surface area contributed by atoms with Crippen molar-refractivity contribution in [2.75, 3.05) is 18.4 Å². The summed E-state index contributed by atoms with van der Waals surface area (Å²) in [5.41, 5.74) is 4.21. The van der Waals surface area contributed by atoms with Gasteiger partial charge in [-0.25, -0.2) is 0 Å². The third kappa shape index (κ3) is 3.32. The number of aryl methyl sites for hydroxylation is 3. The molecule has 1 aromatic carbocycles. The predicted octanol–water partition coefficient (Wildman–Crippen LogP) is 3.05. The molecule has 0 heterocycles. The number of hydrogen-bond acceptors (Lipinski definition) is 2. The molecule has 4 nitrogen and oxygen atoms in total. The summed E-state index contributed by atoms with van der Waals surface area (Å²) in [6.07, 6.45) is 0.672. The summed E-state index contributed by atoms with van der Waals surface area (Å²) in [6.45, 7) is 11.4. The molecule has 0 bridgehead atoms. The zero-order valence-electron chi connectivity index (χ0n) is 14.2. The molecule has 0 radical (unpaired) electrons. The van der Waals surface area contributed by atoms with Crippen molar-refractivity contribution in [2.24, 2.45) is 11.8 Å². The number of benzene rings is 1. The minimum atomic E-state index is -0.173. The van der Waals surface area contributed by atoms with Crippen molar-refractivity contribution in [3.05, 3.63) is 28.8 Å². The molecule has 4 heteroatoms. The smallest absolute Gasteiger partial charge is 0.228 e. The number of hydrogen-bond donors (Lipinski definition) is 1. The highest BCUT2D eigenvalue weighted by Crippen LogP contribution is 2.41. The van der Waals surface area contributed by atoms with Gasteiger partial charge in [0.25, 0.3) is 0 Å². The number of rotatable bonds is 5. The summed E-state index contributed by atoms with van der Waals surface area (Å²) in [4.78, 5) is 26.5. The second-order valence-electron chi connectivity index (χ2n) is 6.22. The molecule has 2 atom stereocenters. The lowest BCUT2D eigenvalue weighted by Gasteiger charge is -2.18. The zero-order valence-corrected chi connectivity index (χ0v) is 14.2. The standard InChI is InChI=1S/C18H26N2O2/c1-6-20(7-2)18(22)15-10-14(15)17(21)19-16-12(4)8-11(3)9-13(16)5/h8-9,14-15H,6-7,10H2,1-5H3,(H,19,21). The van der Waals surface area contributed by atoms with Crippen molar-refractivity contribution >= 4 is 17.5 Å². The van der Waals surface area contributed by atoms with Gasteiger partial charge < -0.3 is 10.2 Å². The van der Waals surface area contributed by atoms with Gasteiger partial charge in [0, 0.05) is 18.8 Å². The maximum atomic E-state index is 12.4. The minimum Gasteiger partial charge on any atom is -0.343 e. The molecular weight excluding hydrogens is 276 g/mol. The maximum Gasteiger partial charge on any atom is 0.228 e. The molecule has 0 saturated heterocycles. The van der Waals surface area contributed by atoms with Crippen LogP contribution in [0.1, 0.15) is 37.0 Å². The van der Waals surface area contributed by atoms with E-state index >= 15 is 0 Å². The summed E-state index contributed by atoms with van der Waals surface area (Å²) >= 11 is 0. The number of carbonyl (C=O) groups is 2. The van der Waals surface area contributed by atoms with Gasteiger partial charge in [-0.05, 0) is 52.2 Å². The van der Waals surface area contributed by atoms with E-state index in [1.807, 2.05) is 34.6 Å². The van der Waals surface area contributed by atoms with Gasteiger partial charge in [0.05, 0.1) is 11.8 Å². The summed E-state index contributed by atoms with van der Waals surface area (Å²) in [7, 11) is 0. The van der Waals surface area contributed by atoms with E-state index in [-0.39, 0.29) is 23.7 Å². The van der Waals surface area contributed by atoms with E-state index < -0.39 is 0 Å². The van der Waals surface area contributed by atoms with Crippen LogP contribution in [0.3, 0.4) is 0 Å². The van der Waals surface area contributed by atoms with Crippen LogP contribution in [0.2, 0.25) is 0 Å². The Morgan fingerprint density at radius 2 is 1.64 bits per heavy atom. The first-order valence-electron chi connectivity index (χ1n) is 8.06. The van der Waals surface area contributed by atoms with Gasteiger partial charge in [-0.1, -0.05) is 17.7 Å². The predicted molar refractivity (Wildman–Crippen MR) is 88.8 cm³/mol. The van der Waals surface area contributed by atoms with Crippen molar-refractivity contribution in [1.82, 2.24) is 4.90 Å². The van der Waals surface area contributed by atoms with Crippen LogP contribution in [0.5, 0.6) is 0 Å². The Balaban J connectivity index is 2.02. The summed E-state index contributed by atoms with van der Waals surface area (Å²) in [6, 6.07) is 4.13. The van der Waals surface area contributed by atoms with E-state index in [0.717, 1.165) is 16.8 Å². The van der Waals surface area contributed by atoms with E-state index in [0.29, 0.717) is 19.5 Å². The van der Waals surface area contributed by atoms with Crippen LogP contribution < -0.4 is 5.32 Å². The first kappa shape index (κ1) is 16.5. The Labute approximate surface area is 132 Å². The van der Waals surface area contributed by atoms with Crippen molar-refractivity contribution in [3.8, 4) is 0 Å². The quantitative estimate of drug-likeness (QED) is 0.909. The van der Waals surface area contributed by atoms with Crippen molar-refractivity contribution in [2.45, 2.75) is 41.0 Å². The molecule has 22 heavy (non-hydrogen) atoms. The molecule has 0 aromatic heterocycles. The molecule has 1 aliphatic rings. The van der Waals surface area contributed by atoms with E-state index in [1.54, 1.807) is 4.90 Å². The topological polar surface area (TPSA) is 49.4 Å². The average molecular weight is 302 g/mol. The lowest BCUT2D eigenvalue weighted by atomic mass is 10.0. The lowest BCUT2D eigenvalue weighted by molar-refractivity contribution is -0.133. The zero-order chi connectivity index (χ0) is 16.4. The van der Waals surface area contributed by atoms with E-state index in [4.69, 9.17) is 0 Å². The molecule has 0 spiro atoms. The van der Waals surface area contributed by atoms with Crippen LogP contribution in [0.25, 0.3) is 0 Å². The molecule has 120 valence electrons. The summed E-state index contributed by atoms with van der Waals surface area (Å²) in [5, 5.41) is 3.02. The van der Waals surface area contributed by atoms with Gasteiger partial charge in [0.15, 0.2) is 0 Å². The van der Waals surface area contributed by atoms with Crippen LogP contribution in [0, 0.1) is 32.6 Å². The number of anilines is 1. The van der Waals surface area contributed by atoms with Crippen molar-refractivity contribution < 1.29 is 9.59 Å². The Kier molecular flexibility index (Phi) is 4.89. The number of nitrogens with zero attached hydrogens (tertiary/aromatic N) is 1. The van der Waals surface area contributed by atoms with Crippen LogP contribution in [0.15, 0.2) is 12.1 Å². The molecule has 1 N–H and O–H groups in total. The highest BCUT2D eigenvalue weighted by Gasteiger charge is 2.49. The molecule has 0 aliphatic heterocycles. The first-order valence-corrected chi connectivity index (χ1v) is 8.06. The van der Waals surface area contributed by atoms with Crippen LogP contribution in [0.4, 0.5) is 5.69 Å². The number of carbonyl (C=O) groups excluding carboxylic acids is 2.